The summed E-state index contributed by atoms with van der Waals surface area (Å²) in [6.07, 6.45) is 7.39. The number of rotatable bonds is 8. The maximum Gasteiger partial charge on any atom is 0.335 e. The van der Waals surface area contributed by atoms with Gasteiger partial charge in [-0.2, -0.15) is 0 Å². The first-order chi connectivity index (χ1) is 20.3. The lowest BCUT2D eigenvalue weighted by molar-refractivity contribution is -0.0281. The quantitative estimate of drug-likeness (QED) is 0.225. The van der Waals surface area contributed by atoms with Crippen molar-refractivity contribution in [3.8, 4) is 23.0 Å². The van der Waals surface area contributed by atoms with Crippen LogP contribution in [0.1, 0.15) is 70.4 Å². The Labute approximate surface area is 244 Å². The van der Waals surface area contributed by atoms with E-state index in [1.807, 2.05) is 24.3 Å². The number of benzene rings is 4. The summed E-state index contributed by atoms with van der Waals surface area (Å²) in [7, 11) is 0. The molecule has 212 valence electrons. The summed E-state index contributed by atoms with van der Waals surface area (Å²) in [5, 5.41) is 18.3. The van der Waals surface area contributed by atoms with Crippen molar-refractivity contribution >= 4 is 11.9 Å². The van der Waals surface area contributed by atoms with E-state index in [4.69, 9.17) is 19.7 Å². The van der Waals surface area contributed by atoms with E-state index in [9.17, 15) is 9.59 Å². The molecule has 4 fully saturated rings. The molecule has 8 rings (SSSR count). The number of carboxylic acid groups (broad SMARTS) is 2. The molecule has 0 saturated heterocycles. The van der Waals surface area contributed by atoms with Crippen LogP contribution in [0.25, 0.3) is 0 Å². The fraction of sp³-hybridized carbons (Fsp3) is 0.278. The molecule has 4 saturated carbocycles. The Balaban J connectivity index is 1.09. The van der Waals surface area contributed by atoms with Gasteiger partial charge < -0.3 is 19.7 Å². The second-order valence-electron chi connectivity index (χ2n) is 12.4. The van der Waals surface area contributed by atoms with Crippen LogP contribution in [0.4, 0.5) is 0 Å². The van der Waals surface area contributed by atoms with Crippen LogP contribution >= 0.6 is 0 Å². The van der Waals surface area contributed by atoms with Crippen LogP contribution < -0.4 is 9.47 Å². The molecule has 4 aromatic rings. The second kappa shape index (κ2) is 10.1. The Morgan fingerprint density at radius 3 is 1.14 bits per heavy atom. The summed E-state index contributed by atoms with van der Waals surface area (Å²) in [6, 6.07) is 30.1. The highest BCUT2D eigenvalue weighted by atomic mass is 16.5. The lowest BCUT2D eigenvalue weighted by Crippen LogP contribution is -2.55. The van der Waals surface area contributed by atoms with E-state index in [-0.39, 0.29) is 22.0 Å². The normalized spacial score (nSPS) is 25.6. The maximum absolute atomic E-state index is 11.1. The molecule has 0 unspecified atom stereocenters. The Morgan fingerprint density at radius 2 is 0.833 bits per heavy atom. The lowest BCUT2D eigenvalue weighted by atomic mass is 9.42. The van der Waals surface area contributed by atoms with Crippen LogP contribution in [-0.4, -0.2) is 22.2 Å². The van der Waals surface area contributed by atoms with Gasteiger partial charge in [0.15, 0.2) is 0 Å². The first kappa shape index (κ1) is 26.3. The summed E-state index contributed by atoms with van der Waals surface area (Å²) in [5.41, 5.74) is 3.57. The SMILES string of the molecule is O=C(O)c1ccc(Oc2ccc(C34CC5CC(C3)CC(c3ccc(Oc6ccc(C(=O)O)cc6)cc3)(C5)C4)cc2)cc1. The van der Waals surface area contributed by atoms with Crippen molar-refractivity contribution in [1.29, 1.82) is 0 Å². The van der Waals surface area contributed by atoms with Crippen LogP contribution in [-0.2, 0) is 10.8 Å². The summed E-state index contributed by atoms with van der Waals surface area (Å²) in [5.74, 6) is 2.26. The molecule has 4 aromatic carbocycles. The van der Waals surface area contributed by atoms with E-state index in [0.717, 1.165) is 29.8 Å². The van der Waals surface area contributed by atoms with Crippen LogP contribution in [0, 0.1) is 11.8 Å². The van der Waals surface area contributed by atoms with Crippen molar-refractivity contribution < 1.29 is 29.3 Å². The molecular formula is C36H32O6. The lowest BCUT2D eigenvalue weighted by Gasteiger charge is -2.62. The van der Waals surface area contributed by atoms with Gasteiger partial charge in [0.25, 0.3) is 0 Å². The van der Waals surface area contributed by atoms with Gasteiger partial charge in [-0.05, 0) is 145 Å². The van der Waals surface area contributed by atoms with Gasteiger partial charge in [-0.3, -0.25) is 0 Å². The molecule has 4 aliphatic carbocycles. The van der Waals surface area contributed by atoms with Crippen LogP contribution in [0.2, 0.25) is 0 Å². The minimum atomic E-state index is -0.951. The topological polar surface area (TPSA) is 93.1 Å². The van der Waals surface area contributed by atoms with Crippen molar-refractivity contribution in [3.63, 3.8) is 0 Å². The van der Waals surface area contributed by atoms with Crippen LogP contribution in [0.3, 0.4) is 0 Å². The first-order valence-corrected chi connectivity index (χ1v) is 14.5. The third-order valence-electron chi connectivity index (χ3n) is 9.67. The average molecular weight is 561 g/mol. The highest BCUT2D eigenvalue weighted by molar-refractivity contribution is 5.88. The number of aromatic carboxylic acids is 2. The Morgan fingerprint density at radius 1 is 0.524 bits per heavy atom. The van der Waals surface area contributed by atoms with Gasteiger partial charge in [0, 0.05) is 0 Å². The Bertz CT molecular complexity index is 1490. The van der Waals surface area contributed by atoms with Crippen molar-refractivity contribution in [2.45, 2.75) is 49.4 Å². The van der Waals surface area contributed by atoms with Crippen molar-refractivity contribution in [2.75, 3.05) is 0 Å². The predicted molar refractivity (Wildman–Crippen MR) is 158 cm³/mol. The predicted octanol–water partition coefficient (Wildman–Crippen LogP) is 8.46. The fourth-order valence-electron chi connectivity index (χ4n) is 8.29. The summed E-state index contributed by atoms with van der Waals surface area (Å²) < 4.78 is 12.0. The molecule has 0 heterocycles. The van der Waals surface area contributed by atoms with Gasteiger partial charge in [-0.15, -0.1) is 0 Å². The molecule has 0 amide bonds. The van der Waals surface area contributed by atoms with E-state index < -0.39 is 11.9 Å². The average Bonchev–Trinajstić information content (AvgIpc) is 2.98. The maximum atomic E-state index is 11.1. The van der Waals surface area contributed by atoms with E-state index in [2.05, 4.69) is 24.3 Å². The molecular weight excluding hydrogens is 528 g/mol. The zero-order chi connectivity index (χ0) is 28.9. The molecule has 6 nitrogen and oxygen atoms in total. The molecule has 4 bridgehead atoms. The number of carboxylic acids is 2. The summed E-state index contributed by atoms with van der Waals surface area (Å²) in [4.78, 5) is 22.3. The van der Waals surface area contributed by atoms with Crippen molar-refractivity contribution in [2.24, 2.45) is 11.8 Å². The number of ether oxygens (including phenoxy) is 2. The van der Waals surface area contributed by atoms with Crippen LogP contribution in [0.15, 0.2) is 97.1 Å². The van der Waals surface area contributed by atoms with Gasteiger partial charge in [0.1, 0.15) is 23.0 Å². The third kappa shape index (κ3) is 4.81. The first-order valence-electron chi connectivity index (χ1n) is 14.5. The molecule has 2 N–H and O–H groups in total. The molecule has 0 aliphatic heterocycles. The van der Waals surface area contributed by atoms with Gasteiger partial charge in [-0.25, -0.2) is 9.59 Å². The summed E-state index contributed by atoms with van der Waals surface area (Å²) in [6.45, 7) is 0. The van der Waals surface area contributed by atoms with E-state index in [1.54, 1.807) is 48.5 Å². The van der Waals surface area contributed by atoms with Crippen LogP contribution in [0.5, 0.6) is 23.0 Å². The minimum Gasteiger partial charge on any atom is -0.478 e. The van der Waals surface area contributed by atoms with E-state index >= 15 is 0 Å². The van der Waals surface area contributed by atoms with Crippen molar-refractivity contribution in [3.05, 3.63) is 119 Å². The van der Waals surface area contributed by atoms with Crippen molar-refractivity contribution in [1.82, 2.24) is 0 Å². The Kier molecular flexibility index (Phi) is 6.30. The second-order valence-corrected chi connectivity index (χ2v) is 12.4. The molecule has 0 atom stereocenters. The number of hydrogen-bond acceptors (Lipinski definition) is 4. The number of hydrogen-bond donors (Lipinski definition) is 2. The highest BCUT2D eigenvalue weighted by Crippen LogP contribution is 2.66. The smallest absolute Gasteiger partial charge is 0.335 e. The zero-order valence-corrected chi connectivity index (χ0v) is 23.2. The number of carbonyl (C=O) groups is 2. The summed E-state index contributed by atoms with van der Waals surface area (Å²) >= 11 is 0. The molecule has 0 aromatic heterocycles. The van der Waals surface area contributed by atoms with Gasteiger partial charge >= 0.3 is 11.9 Å². The van der Waals surface area contributed by atoms with Gasteiger partial charge in [-0.1, -0.05) is 24.3 Å². The monoisotopic (exact) mass is 560 g/mol. The highest BCUT2D eigenvalue weighted by Gasteiger charge is 2.58. The van der Waals surface area contributed by atoms with E-state index in [0.29, 0.717) is 11.5 Å². The standard InChI is InChI=1S/C36H32O6/c37-33(38)25-1-9-29(10-2-25)41-31-13-5-27(6-14-31)35-18-23-17-24(19-35)21-36(20-23,22-35)28-7-15-32(16-8-28)42-30-11-3-26(4-12-30)34(39)40/h1-16,23-24H,17-22H2,(H,37,38)(H,39,40). The molecule has 42 heavy (non-hydrogen) atoms. The molecule has 6 heteroatoms. The Hall–Kier alpha value is -4.58. The minimum absolute atomic E-state index is 0.160. The fourth-order valence-corrected chi connectivity index (χ4v) is 8.29. The zero-order valence-electron chi connectivity index (χ0n) is 23.2. The van der Waals surface area contributed by atoms with E-state index in [1.165, 1.54) is 43.2 Å². The molecule has 0 spiro atoms. The largest absolute Gasteiger partial charge is 0.478 e. The molecule has 4 aliphatic rings. The third-order valence-corrected chi connectivity index (χ3v) is 9.67. The molecule has 0 radical (unpaired) electrons. The van der Waals surface area contributed by atoms with Gasteiger partial charge in [0.2, 0.25) is 0 Å². The van der Waals surface area contributed by atoms with Gasteiger partial charge in [0.05, 0.1) is 11.1 Å².